The van der Waals surface area contributed by atoms with Gasteiger partial charge < -0.3 is 20.1 Å². The molecule has 0 aliphatic rings. The summed E-state index contributed by atoms with van der Waals surface area (Å²) < 4.78 is 24.8. The number of aliphatic imine (C=N–C) groups is 1. The second-order valence-electron chi connectivity index (χ2n) is 5.49. The molecule has 0 unspecified atom stereocenters. The van der Waals surface area contributed by atoms with Gasteiger partial charge in [-0.2, -0.15) is 0 Å². The summed E-state index contributed by atoms with van der Waals surface area (Å²) in [6.45, 7) is 3.66. The third kappa shape index (κ3) is 5.62. The lowest BCUT2D eigenvalue weighted by Gasteiger charge is -2.13. The molecule has 26 heavy (non-hydrogen) atoms. The van der Waals surface area contributed by atoms with Gasteiger partial charge >= 0.3 is 0 Å². The van der Waals surface area contributed by atoms with E-state index >= 15 is 0 Å². The maximum absolute atomic E-state index is 13.3. The van der Waals surface area contributed by atoms with Gasteiger partial charge in [-0.25, -0.2) is 9.38 Å². The molecule has 0 saturated heterocycles. The van der Waals surface area contributed by atoms with E-state index in [9.17, 15) is 4.39 Å². The first-order valence-corrected chi connectivity index (χ1v) is 9.03. The third-order valence-corrected chi connectivity index (χ3v) is 4.20. The van der Waals surface area contributed by atoms with Crippen LogP contribution in [0.1, 0.15) is 18.1 Å². The minimum atomic E-state index is -0.249. The van der Waals surface area contributed by atoms with Crippen LogP contribution in [0, 0.1) is 5.82 Å². The molecule has 0 amide bonds. The predicted octanol–water partition coefficient (Wildman–Crippen LogP) is 3.86. The molecule has 0 aliphatic heterocycles. The average Bonchev–Trinajstić information content (AvgIpc) is 2.63. The Morgan fingerprint density at radius 2 is 1.92 bits per heavy atom. The SMILES string of the molecule is CCNC(=NCc1cc(Br)c(OC)c(OC)c1)NCc1cccc(F)c1. The van der Waals surface area contributed by atoms with Crippen LogP contribution in [-0.4, -0.2) is 26.7 Å². The lowest BCUT2D eigenvalue weighted by molar-refractivity contribution is 0.352. The first-order valence-electron chi connectivity index (χ1n) is 8.24. The highest BCUT2D eigenvalue weighted by atomic mass is 79.9. The van der Waals surface area contributed by atoms with Crippen LogP contribution in [0.15, 0.2) is 45.9 Å². The standard InChI is InChI=1S/C19H23BrFN3O2/c1-4-22-19(23-11-13-6-5-7-15(21)8-13)24-12-14-9-16(20)18(26-3)17(10-14)25-2/h5-10H,4,11-12H2,1-3H3,(H2,22,23,24). The maximum Gasteiger partial charge on any atom is 0.191 e. The number of halogens is 2. The van der Waals surface area contributed by atoms with E-state index in [-0.39, 0.29) is 5.82 Å². The normalized spacial score (nSPS) is 11.2. The molecule has 2 rings (SSSR count). The van der Waals surface area contributed by atoms with Crippen LogP contribution in [0.5, 0.6) is 11.5 Å². The van der Waals surface area contributed by atoms with Gasteiger partial charge in [0, 0.05) is 13.1 Å². The van der Waals surface area contributed by atoms with E-state index in [1.807, 2.05) is 25.1 Å². The second-order valence-corrected chi connectivity index (χ2v) is 6.35. The molecule has 0 atom stereocenters. The predicted molar refractivity (Wildman–Crippen MR) is 105 cm³/mol. The number of nitrogens with one attached hydrogen (secondary N) is 2. The van der Waals surface area contributed by atoms with Crippen molar-refractivity contribution in [3.05, 3.63) is 57.8 Å². The zero-order valence-corrected chi connectivity index (χ0v) is 16.7. The lowest BCUT2D eigenvalue weighted by Crippen LogP contribution is -2.36. The summed E-state index contributed by atoms with van der Waals surface area (Å²) in [5.41, 5.74) is 1.82. The topological polar surface area (TPSA) is 54.9 Å². The quantitative estimate of drug-likeness (QED) is 0.524. The summed E-state index contributed by atoms with van der Waals surface area (Å²) in [4.78, 5) is 4.58. The van der Waals surface area contributed by atoms with Crippen LogP contribution in [0.4, 0.5) is 4.39 Å². The Bertz CT molecular complexity index is 768. The average molecular weight is 424 g/mol. The molecule has 0 aliphatic carbocycles. The van der Waals surface area contributed by atoms with Crippen molar-refractivity contribution < 1.29 is 13.9 Å². The first kappa shape index (κ1) is 20.0. The number of rotatable bonds is 7. The van der Waals surface area contributed by atoms with Gasteiger partial charge in [0.15, 0.2) is 17.5 Å². The van der Waals surface area contributed by atoms with E-state index in [1.165, 1.54) is 12.1 Å². The number of ether oxygens (including phenoxy) is 2. The summed E-state index contributed by atoms with van der Waals surface area (Å²) in [6, 6.07) is 10.3. The molecular formula is C19H23BrFN3O2. The zero-order valence-electron chi connectivity index (χ0n) is 15.1. The molecule has 140 valence electrons. The fourth-order valence-corrected chi connectivity index (χ4v) is 3.06. The van der Waals surface area contributed by atoms with Gasteiger partial charge in [0.25, 0.3) is 0 Å². The van der Waals surface area contributed by atoms with E-state index in [1.54, 1.807) is 20.3 Å². The monoisotopic (exact) mass is 423 g/mol. The van der Waals surface area contributed by atoms with Crippen molar-refractivity contribution >= 4 is 21.9 Å². The smallest absolute Gasteiger partial charge is 0.191 e. The number of benzene rings is 2. The van der Waals surface area contributed by atoms with Crippen molar-refractivity contribution in [3.63, 3.8) is 0 Å². The van der Waals surface area contributed by atoms with E-state index in [4.69, 9.17) is 9.47 Å². The molecular weight excluding hydrogens is 401 g/mol. The fourth-order valence-electron chi connectivity index (χ4n) is 2.41. The van der Waals surface area contributed by atoms with Crippen LogP contribution in [0.2, 0.25) is 0 Å². The Morgan fingerprint density at radius 3 is 2.58 bits per heavy atom. The van der Waals surface area contributed by atoms with E-state index < -0.39 is 0 Å². The van der Waals surface area contributed by atoms with Gasteiger partial charge in [0.1, 0.15) is 5.82 Å². The first-order chi connectivity index (χ1) is 12.6. The van der Waals surface area contributed by atoms with Crippen molar-refractivity contribution in [2.75, 3.05) is 20.8 Å². The minimum Gasteiger partial charge on any atom is -0.493 e. The highest BCUT2D eigenvalue weighted by molar-refractivity contribution is 9.10. The van der Waals surface area contributed by atoms with Crippen molar-refractivity contribution in [1.29, 1.82) is 0 Å². The van der Waals surface area contributed by atoms with Gasteiger partial charge in [0.2, 0.25) is 0 Å². The zero-order chi connectivity index (χ0) is 18.9. The van der Waals surface area contributed by atoms with Gasteiger partial charge in [0.05, 0.1) is 25.2 Å². The Morgan fingerprint density at radius 1 is 1.12 bits per heavy atom. The number of nitrogens with zero attached hydrogens (tertiary/aromatic N) is 1. The molecule has 7 heteroatoms. The number of hydrogen-bond acceptors (Lipinski definition) is 3. The summed E-state index contributed by atoms with van der Waals surface area (Å²) >= 11 is 3.48. The largest absolute Gasteiger partial charge is 0.493 e. The third-order valence-electron chi connectivity index (χ3n) is 3.61. The molecule has 0 heterocycles. The number of guanidine groups is 1. The molecule has 2 N–H and O–H groups in total. The lowest BCUT2D eigenvalue weighted by atomic mass is 10.2. The van der Waals surface area contributed by atoms with Crippen LogP contribution in [0.3, 0.4) is 0 Å². The number of methoxy groups -OCH3 is 2. The van der Waals surface area contributed by atoms with Crippen molar-refractivity contribution in [3.8, 4) is 11.5 Å². The van der Waals surface area contributed by atoms with Crippen LogP contribution in [0.25, 0.3) is 0 Å². The molecule has 0 saturated carbocycles. The highest BCUT2D eigenvalue weighted by Crippen LogP contribution is 2.36. The Labute approximate surface area is 161 Å². The molecule has 0 radical (unpaired) electrons. The molecule has 2 aromatic carbocycles. The summed E-state index contributed by atoms with van der Waals surface area (Å²) in [5.74, 6) is 1.70. The molecule has 0 fully saturated rings. The molecule has 2 aromatic rings. The maximum atomic E-state index is 13.3. The van der Waals surface area contributed by atoms with Gasteiger partial charge in [-0.05, 0) is 58.2 Å². The molecule has 0 aromatic heterocycles. The summed E-state index contributed by atoms with van der Waals surface area (Å²) in [7, 11) is 3.20. The Kier molecular flexibility index (Phi) is 7.72. The summed E-state index contributed by atoms with van der Waals surface area (Å²) in [5, 5.41) is 6.39. The highest BCUT2D eigenvalue weighted by Gasteiger charge is 2.10. The molecule has 5 nitrogen and oxygen atoms in total. The molecule has 0 spiro atoms. The van der Waals surface area contributed by atoms with Crippen molar-refractivity contribution in [1.82, 2.24) is 10.6 Å². The fraction of sp³-hybridized carbons (Fsp3) is 0.316. The van der Waals surface area contributed by atoms with E-state index in [0.717, 1.165) is 22.1 Å². The van der Waals surface area contributed by atoms with Gasteiger partial charge in [-0.15, -0.1) is 0 Å². The van der Waals surface area contributed by atoms with Crippen LogP contribution in [-0.2, 0) is 13.1 Å². The summed E-state index contributed by atoms with van der Waals surface area (Å²) in [6.07, 6.45) is 0. The number of hydrogen-bond donors (Lipinski definition) is 2. The van der Waals surface area contributed by atoms with Crippen molar-refractivity contribution in [2.45, 2.75) is 20.0 Å². The Hall–Kier alpha value is -2.28. The van der Waals surface area contributed by atoms with Crippen LogP contribution < -0.4 is 20.1 Å². The van der Waals surface area contributed by atoms with Crippen molar-refractivity contribution in [2.24, 2.45) is 4.99 Å². The van der Waals surface area contributed by atoms with Gasteiger partial charge in [-0.1, -0.05) is 12.1 Å². The minimum absolute atomic E-state index is 0.249. The second kappa shape index (κ2) is 10.0. The van der Waals surface area contributed by atoms with Crippen LogP contribution >= 0.6 is 15.9 Å². The molecule has 0 bridgehead atoms. The van der Waals surface area contributed by atoms with Gasteiger partial charge in [-0.3, -0.25) is 0 Å². The Balaban J connectivity index is 2.10. The van der Waals surface area contributed by atoms with E-state index in [0.29, 0.717) is 30.5 Å². The van der Waals surface area contributed by atoms with E-state index in [2.05, 4.69) is 31.6 Å².